The Morgan fingerprint density at radius 2 is 2.00 bits per heavy atom. The monoisotopic (exact) mass is 244 g/mol. The van der Waals surface area contributed by atoms with E-state index >= 15 is 0 Å². The summed E-state index contributed by atoms with van der Waals surface area (Å²) in [6.45, 7) is 3.54. The molecule has 1 aromatic rings. The first-order valence-electron chi connectivity index (χ1n) is 6.10. The molecule has 0 unspecified atom stereocenters. The minimum absolute atomic E-state index is 0.0117. The molecular weight excluding hydrogens is 224 g/mol. The van der Waals surface area contributed by atoms with Crippen molar-refractivity contribution in [2.75, 3.05) is 13.1 Å². The fourth-order valence-electron chi connectivity index (χ4n) is 1.58. The number of hydrogen-bond acceptors (Lipinski definition) is 2. The Kier molecular flexibility index (Phi) is 6.51. The van der Waals surface area contributed by atoms with Gasteiger partial charge in [-0.05, 0) is 12.5 Å². The number of amides is 1. The molecule has 0 atom stereocenters. The minimum atomic E-state index is -0.0117. The first-order chi connectivity index (χ1) is 8.77. The Balaban J connectivity index is 2.67. The molecule has 0 heterocycles. The molecule has 96 valence electrons. The van der Waals surface area contributed by atoms with Crippen molar-refractivity contribution in [3.05, 3.63) is 60.2 Å². The van der Waals surface area contributed by atoms with Crippen LogP contribution in [0.4, 0.5) is 0 Å². The third-order valence-electron chi connectivity index (χ3n) is 2.47. The van der Waals surface area contributed by atoms with Crippen LogP contribution in [0.1, 0.15) is 12.5 Å². The number of rotatable bonds is 6. The van der Waals surface area contributed by atoms with Gasteiger partial charge in [-0.25, -0.2) is 0 Å². The smallest absolute Gasteiger partial charge is 0.246 e. The molecule has 1 aromatic carbocycles. The van der Waals surface area contributed by atoms with E-state index in [1.54, 1.807) is 17.1 Å². The molecule has 0 bridgehead atoms. The van der Waals surface area contributed by atoms with E-state index < -0.39 is 0 Å². The Morgan fingerprint density at radius 3 is 2.61 bits per heavy atom. The second kappa shape index (κ2) is 8.25. The van der Waals surface area contributed by atoms with Gasteiger partial charge in [-0.15, -0.1) is 0 Å². The van der Waals surface area contributed by atoms with Gasteiger partial charge in [-0.1, -0.05) is 48.6 Å². The molecule has 0 spiro atoms. The summed E-state index contributed by atoms with van der Waals surface area (Å²) in [4.78, 5) is 13.7. The number of nitrogens with two attached hydrogens (primary N) is 1. The van der Waals surface area contributed by atoms with Crippen molar-refractivity contribution in [2.24, 2.45) is 5.73 Å². The van der Waals surface area contributed by atoms with Crippen molar-refractivity contribution in [1.29, 1.82) is 0 Å². The highest BCUT2D eigenvalue weighted by Crippen LogP contribution is 2.04. The van der Waals surface area contributed by atoms with Crippen LogP contribution >= 0.6 is 0 Å². The van der Waals surface area contributed by atoms with Crippen molar-refractivity contribution in [3.63, 3.8) is 0 Å². The van der Waals surface area contributed by atoms with Gasteiger partial charge in [0.15, 0.2) is 0 Å². The molecule has 0 fully saturated rings. The number of carbonyl (C=O) groups excluding carboxylic acids is 1. The van der Waals surface area contributed by atoms with E-state index in [1.807, 2.05) is 49.4 Å². The summed E-state index contributed by atoms with van der Waals surface area (Å²) < 4.78 is 0. The first kappa shape index (κ1) is 14.2. The Labute approximate surface area is 109 Å². The Bertz CT molecular complexity index is 410. The molecule has 2 N–H and O–H groups in total. The van der Waals surface area contributed by atoms with Gasteiger partial charge in [0.05, 0.1) is 0 Å². The summed E-state index contributed by atoms with van der Waals surface area (Å²) in [6.07, 6.45) is 7.03. The standard InChI is InChI=1S/C15H20N2O/c1-2-3-5-10-15(18)17(12-11-16)13-14-8-6-4-7-9-14/h2-10H,11-13,16H2,1H3. The zero-order chi connectivity index (χ0) is 13.2. The number of carbonyl (C=O) groups is 1. The summed E-state index contributed by atoms with van der Waals surface area (Å²) >= 11 is 0. The molecule has 0 aliphatic carbocycles. The fourth-order valence-corrected chi connectivity index (χ4v) is 1.58. The normalized spacial score (nSPS) is 11.2. The second-order valence-electron chi connectivity index (χ2n) is 3.92. The molecule has 3 heteroatoms. The number of hydrogen-bond donors (Lipinski definition) is 1. The van der Waals surface area contributed by atoms with Gasteiger partial charge in [0.25, 0.3) is 0 Å². The minimum Gasteiger partial charge on any atom is -0.334 e. The lowest BCUT2D eigenvalue weighted by Crippen LogP contribution is -2.33. The molecule has 18 heavy (non-hydrogen) atoms. The SMILES string of the molecule is CC=CC=CC(=O)N(CCN)Cc1ccccc1. The number of nitrogens with zero attached hydrogens (tertiary/aromatic N) is 1. The summed E-state index contributed by atoms with van der Waals surface area (Å²) in [5, 5.41) is 0. The third kappa shape index (κ3) is 4.97. The van der Waals surface area contributed by atoms with Crippen molar-refractivity contribution in [3.8, 4) is 0 Å². The predicted molar refractivity (Wildman–Crippen MR) is 74.9 cm³/mol. The highest BCUT2D eigenvalue weighted by atomic mass is 16.2. The molecule has 0 aliphatic heterocycles. The third-order valence-corrected chi connectivity index (χ3v) is 2.47. The Morgan fingerprint density at radius 1 is 1.28 bits per heavy atom. The molecule has 0 saturated carbocycles. The van der Waals surface area contributed by atoms with Crippen LogP contribution in [-0.4, -0.2) is 23.9 Å². The van der Waals surface area contributed by atoms with Crippen molar-refractivity contribution >= 4 is 5.91 Å². The highest BCUT2D eigenvalue weighted by Gasteiger charge is 2.09. The maximum atomic E-state index is 12.0. The van der Waals surface area contributed by atoms with Crippen molar-refractivity contribution in [1.82, 2.24) is 4.90 Å². The highest BCUT2D eigenvalue weighted by molar-refractivity contribution is 5.87. The zero-order valence-corrected chi connectivity index (χ0v) is 10.8. The molecule has 1 rings (SSSR count). The first-order valence-corrected chi connectivity index (χ1v) is 6.10. The summed E-state index contributed by atoms with van der Waals surface area (Å²) in [5.41, 5.74) is 6.65. The zero-order valence-electron chi connectivity index (χ0n) is 10.8. The van der Waals surface area contributed by atoms with Crippen LogP contribution in [-0.2, 0) is 11.3 Å². The van der Waals surface area contributed by atoms with Crippen LogP contribution in [0.25, 0.3) is 0 Å². The molecule has 0 saturated heterocycles. The van der Waals surface area contributed by atoms with Crippen LogP contribution in [0, 0.1) is 0 Å². The van der Waals surface area contributed by atoms with Gasteiger partial charge in [-0.2, -0.15) is 0 Å². The van der Waals surface area contributed by atoms with E-state index in [1.165, 1.54) is 0 Å². The lowest BCUT2D eigenvalue weighted by molar-refractivity contribution is -0.126. The van der Waals surface area contributed by atoms with Crippen molar-refractivity contribution < 1.29 is 4.79 Å². The molecular formula is C15H20N2O. The van der Waals surface area contributed by atoms with E-state index in [4.69, 9.17) is 5.73 Å². The van der Waals surface area contributed by atoms with Gasteiger partial charge in [0.2, 0.25) is 5.91 Å². The van der Waals surface area contributed by atoms with Gasteiger partial charge in [-0.3, -0.25) is 4.79 Å². The van der Waals surface area contributed by atoms with Crippen LogP contribution < -0.4 is 5.73 Å². The van der Waals surface area contributed by atoms with E-state index in [2.05, 4.69) is 0 Å². The van der Waals surface area contributed by atoms with Crippen LogP contribution in [0.5, 0.6) is 0 Å². The van der Waals surface area contributed by atoms with E-state index in [0.29, 0.717) is 19.6 Å². The number of benzene rings is 1. The van der Waals surface area contributed by atoms with Crippen LogP contribution in [0.2, 0.25) is 0 Å². The molecule has 1 amide bonds. The van der Waals surface area contributed by atoms with Crippen molar-refractivity contribution in [2.45, 2.75) is 13.5 Å². The average Bonchev–Trinajstić information content (AvgIpc) is 2.39. The quantitative estimate of drug-likeness (QED) is 0.615. The van der Waals surface area contributed by atoms with E-state index in [-0.39, 0.29) is 5.91 Å². The largest absolute Gasteiger partial charge is 0.334 e. The molecule has 3 nitrogen and oxygen atoms in total. The van der Waals surface area contributed by atoms with Gasteiger partial charge in [0.1, 0.15) is 0 Å². The maximum absolute atomic E-state index is 12.0. The Hall–Kier alpha value is -1.87. The molecule has 0 aromatic heterocycles. The predicted octanol–water partition coefficient (Wildman–Crippen LogP) is 2.11. The van der Waals surface area contributed by atoms with Crippen LogP contribution in [0.3, 0.4) is 0 Å². The van der Waals surface area contributed by atoms with E-state index in [0.717, 1.165) is 5.56 Å². The lowest BCUT2D eigenvalue weighted by atomic mass is 10.2. The lowest BCUT2D eigenvalue weighted by Gasteiger charge is -2.20. The topological polar surface area (TPSA) is 46.3 Å². The van der Waals surface area contributed by atoms with Crippen LogP contribution in [0.15, 0.2) is 54.6 Å². The van der Waals surface area contributed by atoms with Gasteiger partial charge in [0, 0.05) is 25.7 Å². The summed E-state index contributed by atoms with van der Waals surface area (Å²) in [5.74, 6) is -0.0117. The van der Waals surface area contributed by atoms with Gasteiger partial charge >= 0.3 is 0 Å². The summed E-state index contributed by atoms with van der Waals surface area (Å²) in [6, 6.07) is 9.91. The second-order valence-corrected chi connectivity index (χ2v) is 3.92. The number of allylic oxidation sites excluding steroid dienone is 3. The fraction of sp³-hybridized carbons (Fsp3) is 0.267. The van der Waals surface area contributed by atoms with Gasteiger partial charge < -0.3 is 10.6 Å². The summed E-state index contributed by atoms with van der Waals surface area (Å²) in [7, 11) is 0. The maximum Gasteiger partial charge on any atom is 0.246 e. The molecule has 0 aliphatic rings. The molecule has 0 radical (unpaired) electrons. The van der Waals surface area contributed by atoms with E-state index in [9.17, 15) is 4.79 Å². The average molecular weight is 244 g/mol.